The van der Waals surface area contributed by atoms with Crippen molar-refractivity contribution in [2.24, 2.45) is 0 Å². The molecule has 3 nitrogen and oxygen atoms in total. The summed E-state index contributed by atoms with van der Waals surface area (Å²) in [5.74, 6) is 0.819. The minimum atomic E-state index is 0.819. The second-order valence-electron chi connectivity index (χ2n) is 3.65. The van der Waals surface area contributed by atoms with Crippen LogP contribution in [0.3, 0.4) is 0 Å². The van der Waals surface area contributed by atoms with Crippen molar-refractivity contribution < 1.29 is 0 Å². The Morgan fingerprint density at radius 2 is 1.88 bits per heavy atom. The summed E-state index contributed by atoms with van der Waals surface area (Å²) in [6.07, 6.45) is 0. The summed E-state index contributed by atoms with van der Waals surface area (Å²) in [6, 6.07) is 12.1. The molecule has 0 fully saturated rings. The number of rotatable bonds is 3. The van der Waals surface area contributed by atoms with Gasteiger partial charge >= 0.3 is 0 Å². The van der Waals surface area contributed by atoms with Gasteiger partial charge in [-0.2, -0.15) is 0 Å². The Morgan fingerprint density at radius 1 is 1.06 bits per heavy atom. The van der Waals surface area contributed by atoms with Gasteiger partial charge in [-0.05, 0) is 31.5 Å². The van der Waals surface area contributed by atoms with Gasteiger partial charge in [0, 0.05) is 12.1 Å². The lowest BCUT2D eigenvalue weighted by atomic mass is 10.1. The van der Waals surface area contributed by atoms with Crippen molar-refractivity contribution in [2.75, 3.05) is 11.9 Å². The normalized spacial score (nSPS) is 10.1. The molecule has 0 spiro atoms. The zero-order valence-electron chi connectivity index (χ0n) is 9.57. The fourth-order valence-electron chi connectivity index (χ4n) is 1.61. The molecule has 2 rings (SSSR count). The molecule has 0 amide bonds. The molecule has 1 N–H and O–H groups in total. The summed E-state index contributed by atoms with van der Waals surface area (Å²) >= 11 is 0. The molecule has 82 valence electrons. The van der Waals surface area contributed by atoms with Crippen molar-refractivity contribution in [1.82, 2.24) is 10.2 Å². The number of hydrogen-bond acceptors (Lipinski definition) is 3. The lowest BCUT2D eigenvalue weighted by Gasteiger charge is -2.05. The fourth-order valence-corrected chi connectivity index (χ4v) is 1.61. The zero-order chi connectivity index (χ0) is 11.4. The monoisotopic (exact) mass is 213 g/mol. The van der Waals surface area contributed by atoms with Crippen LogP contribution in [0.4, 0.5) is 5.82 Å². The molecule has 1 aromatic carbocycles. The summed E-state index contributed by atoms with van der Waals surface area (Å²) in [7, 11) is 0. The van der Waals surface area contributed by atoms with Crippen LogP contribution in [-0.4, -0.2) is 16.7 Å². The van der Waals surface area contributed by atoms with E-state index in [4.69, 9.17) is 0 Å². The molecule has 2 aromatic rings. The van der Waals surface area contributed by atoms with Crippen molar-refractivity contribution in [2.45, 2.75) is 13.8 Å². The molecule has 0 aliphatic carbocycles. The van der Waals surface area contributed by atoms with Gasteiger partial charge in [-0.25, -0.2) is 0 Å². The molecule has 0 aliphatic heterocycles. The Balaban J connectivity index is 2.31. The highest BCUT2D eigenvalue weighted by molar-refractivity contribution is 5.63. The largest absolute Gasteiger partial charge is 0.369 e. The Kier molecular flexibility index (Phi) is 3.15. The van der Waals surface area contributed by atoms with E-state index >= 15 is 0 Å². The minimum Gasteiger partial charge on any atom is -0.369 e. The van der Waals surface area contributed by atoms with Crippen LogP contribution in [0.1, 0.15) is 12.5 Å². The van der Waals surface area contributed by atoms with E-state index in [0.29, 0.717) is 0 Å². The topological polar surface area (TPSA) is 37.8 Å². The third kappa shape index (κ3) is 2.19. The number of benzene rings is 1. The van der Waals surface area contributed by atoms with Crippen LogP contribution in [-0.2, 0) is 0 Å². The third-order valence-corrected chi connectivity index (χ3v) is 2.44. The highest BCUT2D eigenvalue weighted by Crippen LogP contribution is 2.20. The highest BCUT2D eigenvalue weighted by atomic mass is 15.2. The first-order chi connectivity index (χ1) is 7.81. The molecule has 0 radical (unpaired) electrons. The Bertz CT molecular complexity index is 463. The number of anilines is 1. The molecular weight excluding hydrogens is 198 g/mol. The molecule has 0 bridgehead atoms. The molecule has 1 aromatic heterocycles. The summed E-state index contributed by atoms with van der Waals surface area (Å²) in [5, 5.41) is 11.5. The summed E-state index contributed by atoms with van der Waals surface area (Å²) in [4.78, 5) is 0. The smallest absolute Gasteiger partial charge is 0.148 e. The lowest BCUT2D eigenvalue weighted by molar-refractivity contribution is 1.02. The van der Waals surface area contributed by atoms with E-state index in [1.807, 2.05) is 31.2 Å². The van der Waals surface area contributed by atoms with Crippen LogP contribution in [0.25, 0.3) is 11.3 Å². The molecule has 0 saturated heterocycles. The van der Waals surface area contributed by atoms with Gasteiger partial charge < -0.3 is 5.32 Å². The van der Waals surface area contributed by atoms with Crippen LogP contribution in [0.15, 0.2) is 36.4 Å². The SMILES string of the molecule is CCNc1ccc(-c2ccccc2C)nn1. The second kappa shape index (κ2) is 4.75. The predicted octanol–water partition coefficient (Wildman–Crippen LogP) is 2.88. The van der Waals surface area contributed by atoms with E-state index in [-0.39, 0.29) is 0 Å². The summed E-state index contributed by atoms with van der Waals surface area (Å²) < 4.78 is 0. The first kappa shape index (κ1) is 10.6. The third-order valence-electron chi connectivity index (χ3n) is 2.44. The van der Waals surface area contributed by atoms with Crippen LogP contribution < -0.4 is 5.32 Å². The van der Waals surface area contributed by atoms with Gasteiger partial charge in [0.05, 0.1) is 5.69 Å². The predicted molar refractivity (Wildman–Crippen MR) is 66.4 cm³/mol. The van der Waals surface area contributed by atoms with Crippen molar-refractivity contribution in [3.63, 3.8) is 0 Å². The highest BCUT2D eigenvalue weighted by Gasteiger charge is 2.02. The molecule has 16 heavy (non-hydrogen) atoms. The van der Waals surface area contributed by atoms with Crippen molar-refractivity contribution in [1.29, 1.82) is 0 Å². The Hall–Kier alpha value is -1.90. The Labute approximate surface area is 95.5 Å². The molecule has 0 atom stereocenters. The molecule has 0 aliphatic rings. The molecule has 0 unspecified atom stereocenters. The summed E-state index contributed by atoms with van der Waals surface area (Å²) in [5.41, 5.74) is 3.27. The van der Waals surface area contributed by atoms with E-state index in [1.54, 1.807) is 0 Å². The van der Waals surface area contributed by atoms with Gasteiger partial charge in [-0.3, -0.25) is 0 Å². The van der Waals surface area contributed by atoms with Crippen LogP contribution in [0.5, 0.6) is 0 Å². The number of aryl methyl sites for hydroxylation is 1. The van der Waals surface area contributed by atoms with Gasteiger partial charge in [-0.15, -0.1) is 10.2 Å². The average Bonchev–Trinajstić information content (AvgIpc) is 2.31. The van der Waals surface area contributed by atoms with Gasteiger partial charge in [-0.1, -0.05) is 24.3 Å². The van der Waals surface area contributed by atoms with Crippen LogP contribution in [0.2, 0.25) is 0 Å². The van der Waals surface area contributed by atoms with Crippen molar-refractivity contribution in [3.05, 3.63) is 42.0 Å². The van der Waals surface area contributed by atoms with Gasteiger partial charge in [0.2, 0.25) is 0 Å². The molecule has 3 heteroatoms. The van der Waals surface area contributed by atoms with E-state index in [1.165, 1.54) is 5.56 Å². The maximum absolute atomic E-state index is 4.22. The van der Waals surface area contributed by atoms with Crippen LogP contribution in [0, 0.1) is 6.92 Å². The Morgan fingerprint density at radius 3 is 2.50 bits per heavy atom. The second-order valence-corrected chi connectivity index (χ2v) is 3.65. The summed E-state index contributed by atoms with van der Waals surface area (Å²) in [6.45, 7) is 4.98. The maximum Gasteiger partial charge on any atom is 0.148 e. The number of nitrogens with zero attached hydrogens (tertiary/aromatic N) is 2. The standard InChI is InChI=1S/C13H15N3/c1-3-14-13-9-8-12(15-16-13)11-7-5-4-6-10(11)2/h4-9H,3H2,1-2H3,(H,14,16). The van der Waals surface area contributed by atoms with Gasteiger partial charge in [0.25, 0.3) is 0 Å². The average molecular weight is 213 g/mol. The van der Waals surface area contributed by atoms with E-state index in [0.717, 1.165) is 23.6 Å². The van der Waals surface area contributed by atoms with Crippen molar-refractivity contribution in [3.8, 4) is 11.3 Å². The molecule has 0 saturated carbocycles. The first-order valence-corrected chi connectivity index (χ1v) is 5.45. The fraction of sp³-hybridized carbons (Fsp3) is 0.231. The number of nitrogens with one attached hydrogen (secondary N) is 1. The van der Waals surface area contributed by atoms with Gasteiger partial charge in [0.1, 0.15) is 5.82 Å². The van der Waals surface area contributed by atoms with Gasteiger partial charge in [0.15, 0.2) is 0 Å². The quantitative estimate of drug-likeness (QED) is 0.851. The number of hydrogen-bond donors (Lipinski definition) is 1. The lowest BCUT2D eigenvalue weighted by Crippen LogP contribution is -2.00. The van der Waals surface area contributed by atoms with E-state index in [2.05, 4.69) is 34.6 Å². The van der Waals surface area contributed by atoms with Crippen molar-refractivity contribution >= 4 is 5.82 Å². The first-order valence-electron chi connectivity index (χ1n) is 5.45. The number of aromatic nitrogens is 2. The minimum absolute atomic E-state index is 0.819. The maximum atomic E-state index is 4.22. The van der Waals surface area contributed by atoms with Crippen LogP contribution >= 0.6 is 0 Å². The van der Waals surface area contributed by atoms with E-state index in [9.17, 15) is 0 Å². The molecular formula is C13H15N3. The zero-order valence-corrected chi connectivity index (χ0v) is 9.57. The molecule has 1 heterocycles. The van der Waals surface area contributed by atoms with E-state index < -0.39 is 0 Å².